The third kappa shape index (κ3) is 3.42. The van der Waals surface area contributed by atoms with E-state index in [9.17, 15) is 9.59 Å². The Bertz CT molecular complexity index is 712. The molecule has 1 aliphatic heterocycles. The number of nitrogens with one attached hydrogen (secondary N) is 1. The van der Waals surface area contributed by atoms with Gasteiger partial charge in [0.15, 0.2) is 0 Å². The Labute approximate surface area is 136 Å². The van der Waals surface area contributed by atoms with Gasteiger partial charge in [-0.1, -0.05) is 42.5 Å². The molecule has 0 bridgehead atoms. The SMILES string of the molecule is Cc1ccccc1CNC(=O)[C@H]1CC(=O)N(c2ccccc2)C1. The highest BCUT2D eigenvalue weighted by molar-refractivity contribution is 6.00. The molecule has 0 radical (unpaired) electrons. The van der Waals surface area contributed by atoms with Gasteiger partial charge in [-0.25, -0.2) is 0 Å². The zero-order chi connectivity index (χ0) is 16.2. The summed E-state index contributed by atoms with van der Waals surface area (Å²) in [6.07, 6.45) is 0.272. The third-order valence-electron chi connectivity index (χ3n) is 4.28. The highest BCUT2D eigenvalue weighted by atomic mass is 16.2. The first-order valence-electron chi connectivity index (χ1n) is 7.83. The molecular formula is C19H20N2O2. The molecule has 0 spiro atoms. The molecule has 0 aromatic heterocycles. The topological polar surface area (TPSA) is 49.4 Å². The zero-order valence-corrected chi connectivity index (χ0v) is 13.2. The van der Waals surface area contributed by atoms with Crippen LogP contribution < -0.4 is 10.2 Å². The van der Waals surface area contributed by atoms with Crippen LogP contribution in [0.5, 0.6) is 0 Å². The van der Waals surface area contributed by atoms with E-state index in [1.54, 1.807) is 4.90 Å². The van der Waals surface area contributed by atoms with Gasteiger partial charge >= 0.3 is 0 Å². The summed E-state index contributed by atoms with van der Waals surface area (Å²) in [6, 6.07) is 17.5. The zero-order valence-electron chi connectivity index (χ0n) is 13.2. The molecule has 1 N–H and O–H groups in total. The molecule has 0 saturated carbocycles. The predicted molar refractivity (Wildman–Crippen MR) is 89.9 cm³/mol. The van der Waals surface area contributed by atoms with E-state index in [2.05, 4.69) is 5.32 Å². The molecule has 1 aliphatic rings. The maximum atomic E-state index is 12.4. The summed E-state index contributed by atoms with van der Waals surface area (Å²) in [7, 11) is 0. The number of amides is 2. The van der Waals surface area contributed by atoms with Crippen LogP contribution in [0.25, 0.3) is 0 Å². The Kier molecular flexibility index (Phi) is 4.42. The van der Waals surface area contributed by atoms with Gasteiger partial charge in [-0.3, -0.25) is 9.59 Å². The average Bonchev–Trinajstić information content (AvgIpc) is 2.96. The minimum atomic E-state index is -0.285. The number of aryl methyl sites for hydroxylation is 1. The molecule has 23 heavy (non-hydrogen) atoms. The number of nitrogens with zero attached hydrogens (tertiary/aromatic N) is 1. The Morgan fingerprint density at radius 1 is 1.13 bits per heavy atom. The van der Waals surface area contributed by atoms with Gasteiger partial charge in [-0.2, -0.15) is 0 Å². The molecule has 1 fully saturated rings. The lowest BCUT2D eigenvalue weighted by molar-refractivity contribution is -0.126. The second kappa shape index (κ2) is 6.65. The smallest absolute Gasteiger partial charge is 0.227 e. The van der Waals surface area contributed by atoms with Crippen LogP contribution in [0.15, 0.2) is 54.6 Å². The third-order valence-corrected chi connectivity index (χ3v) is 4.28. The van der Waals surface area contributed by atoms with Crippen LogP contribution in [-0.4, -0.2) is 18.4 Å². The molecular weight excluding hydrogens is 288 g/mol. The molecule has 0 unspecified atom stereocenters. The van der Waals surface area contributed by atoms with Gasteiger partial charge in [0.2, 0.25) is 11.8 Å². The molecule has 0 aliphatic carbocycles. The van der Waals surface area contributed by atoms with Crippen molar-refractivity contribution >= 4 is 17.5 Å². The average molecular weight is 308 g/mol. The molecule has 1 saturated heterocycles. The van der Waals surface area contributed by atoms with Crippen LogP contribution in [0, 0.1) is 12.8 Å². The summed E-state index contributed by atoms with van der Waals surface area (Å²) >= 11 is 0. The number of carbonyl (C=O) groups is 2. The van der Waals surface area contributed by atoms with E-state index in [1.165, 1.54) is 0 Å². The number of benzene rings is 2. The molecule has 1 heterocycles. The van der Waals surface area contributed by atoms with Crippen molar-refractivity contribution in [1.29, 1.82) is 0 Å². The fourth-order valence-electron chi connectivity index (χ4n) is 2.88. The molecule has 4 heteroatoms. The van der Waals surface area contributed by atoms with E-state index in [0.29, 0.717) is 13.1 Å². The van der Waals surface area contributed by atoms with E-state index < -0.39 is 0 Å². The highest BCUT2D eigenvalue weighted by Crippen LogP contribution is 2.24. The summed E-state index contributed by atoms with van der Waals surface area (Å²) in [5.41, 5.74) is 3.11. The van der Waals surface area contributed by atoms with Gasteiger partial charge in [0.1, 0.15) is 0 Å². The minimum absolute atomic E-state index is 0.00671. The van der Waals surface area contributed by atoms with Crippen molar-refractivity contribution in [3.8, 4) is 0 Å². The minimum Gasteiger partial charge on any atom is -0.352 e. The van der Waals surface area contributed by atoms with Gasteiger partial charge < -0.3 is 10.2 Å². The second-order valence-corrected chi connectivity index (χ2v) is 5.89. The molecule has 4 nitrogen and oxygen atoms in total. The quantitative estimate of drug-likeness (QED) is 0.944. The van der Waals surface area contributed by atoms with Crippen molar-refractivity contribution in [2.45, 2.75) is 19.9 Å². The van der Waals surface area contributed by atoms with E-state index in [1.807, 2.05) is 61.5 Å². The molecule has 118 valence electrons. The lowest BCUT2D eigenvalue weighted by atomic mass is 10.1. The first-order valence-corrected chi connectivity index (χ1v) is 7.83. The number of hydrogen-bond donors (Lipinski definition) is 1. The Morgan fingerprint density at radius 3 is 2.57 bits per heavy atom. The lowest BCUT2D eigenvalue weighted by Crippen LogP contribution is -2.32. The van der Waals surface area contributed by atoms with Crippen LogP contribution in [0.1, 0.15) is 17.5 Å². The summed E-state index contributed by atoms with van der Waals surface area (Å²) < 4.78 is 0. The van der Waals surface area contributed by atoms with E-state index in [4.69, 9.17) is 0 Å². The van der Waals surface area contributed by atoms with Gasteiger partial charge in [0, 0.05) is 25.2 Å². The highest BCUT2D eigenvalue weighted by Gasteiger charge is 2.34. The van der Waals surface area contributed by atoms with Gasteiger partial charge in [0.25, 0.3) is 0 Å². The van der Waals surface area contributed by atoms with Crippen molar-refractivity contribution in [3.63, 3.8) is 0 Å². The van der Waals surface area contributed by atoms with E-state index >= 15 is 0 Å². The first-order chi connectivity index (χ1) is 11.1. The predicted octanol–water partition coefficient (Wildman–Crippen LogP) is 2.66. The van der Waals surface area contributed by atoms with Crippen molar-refractivity contribution in [3.05, 3.63) is 65.7 Å². The summed E-state index contributed by atoms with van der Waals surface area (Å²) in [5.74, 6) is -0.334. The number of para-hydroxylation sites is 1. The van der Waals surface area contributed by atoms with Crippen LogP contribution in [0.2, 0.25) is 0 Å². The fourth-order valence-corrected chi connectivity index (χ4v) is 2.88. The monoisotopic (exact) mass is 308 g/mol. The number of rotatable bonds is 4. The van der Waals surface area contributed by atoms with Gasteiger partial charge in [-0.15, -0.1) is 0 Å². The number of anilines is 1. The van der Waals surface area contributed by atoms with Crippen molar-refractivity contribution in [1.82, 2.24) is 5.32 Å². The van der Waals surface area contributed by atoms with Crippen molar-refractivity contribution < 1.29 is 9.59 Å². The normalized spacial score (nSPS) is 17.3. The maximum Gasteiger partial charge on any atom is 0.227 e. The number of hydrogen-bond acceptors (Lipinski definition) is 2. The summed E-state index contributed by atoms with van der Waals surface area (Å²) in [5, 5.41) is 2.96. The summed E-state index contributed by atoms with van der Waals surface area (Å²) in [6.45, 7) is 2.97. The van der Waals surface area contributed by atoms with Crippen LogP contribution >= 0.6 is 0 Å². The lowest BCUT2D eigenvalue weighted by Gasteiger charge is -2.16. The summed E-state index contributed by atoms with van der Waals surface area (Å²) in [4.78, 5) is 26.2. The van der Waals surface area contributed by atoms with E-state index in [0.717, 1.165) is 16.8 Å². The Hall–Kier alpha value is -2.62. The largest absolute Gasteiger partial charge is 0.352 e. The van der Waals surface area contributed by atoms with Gasteiger partial charge in [-0.05, 0) is 30.2 Å². The van der Waals surface area contributed by atoms with Gasteiger partial charge in [0.05, 0.1) is 5.92 Å². The van der Waals surface area contributed by atoms with E-state index in [-0.39, 0.29) is 24.2 Å². The van der Waals surface area contributed by atoms with Crippen molar-refractivity contribution in [2.75, 3.05) is 11.4 Å². The molecule has 2 aromatic rings. The molecule has 2 amide bonds. The maximum absolute atomic E-state index is 12.4. The number of carbonyl (C=O) groups excluding carboxylic acids is 2. The fraction of sp³-hybridized carbons (Fsp3) is 0.263. The van der Waals surface area contributed by atoms with Crippen molar-refractivity contribution in [2.24, 2.45) is 5.92 Å². The van der Waals surface area contributed by atoms with Crippen LogP contribution in [-0.2, 0) is 16.1 Å². The molecule has 3 rings (SSSR count). The van der Waals surface area contributed by atoms with Crippen LogP contribution in [0.4, 0.5) is 5.69 Å². The molecule has 1 atom stereocenters. The standard InChI is InChI=1S/C19H20N2O2/c1-14-7-5-6-8-15(14)12-20-19(23)16-11-18(22)21(13-16)17-9-3-2-4-10-17/h2-10,16H,11-13H2,1H3,(H,20,23)/t16-/m0/s1. The first kappa shape index (κ1) is 15.3. The Morgan fingerprint density at radius 2 is 1.83 bits per heavy atom. The molecule has 2 aromatic carbocycles. The van der Waals surface area contributed by atoms with Crippen LogP contribution in [0.3, 0.4) is 0 Å². The second-order valence-electron chi connectivity index (χ2n) is 5.89. The Balaban J connectivity index is 1.61.